The van der Waals surface area contributed by atoms with Gasteiger partial charge in [-0.15, -0.1) is 0 Å². The minimum absolute atomic E-state index is 0.00441. The predicted molar refractivity (Wildman–Crippen MR) is 93.5 cm³/mol. The van der Waals surface area contributed by atoms with Gasteiger partial charge in [0.15, 0.2) is 0 Å². The molecule has 2 amide bonds. The van der Waals surface area contributed by atoms with E-state index in [-0.39, 0.29) is 22.2 Å². The van der Waals surface area contributed by atoms with Crippen molar-refractivity contribution in [2.45, 2.75) is 0 Å². The summed E-state index contributed by atoms with van der Waals surface area (Å²) in [6.45, 7) is -0.259. The summed E-state index contributed by atoms with van der Waals surface area (Å²) in [5, 5.41) is 2.79. The van der Waals surface area contributed by atoms with Crippen LogP contribution in [0.1, 0.15) is 10.4 Å². The molecule has 4 nitrogen and oxygen atoms in total. The first-order chi connectivity index (χ1) is 11.3. The molecule has 0 aliphatic rings. The van der Waals surface area contributed by atoms with Gasteiger partial charge in [0.1, 0.15) is 5.82 Å². The second kappa shape index (κ2) is 7.83. The number of nitrogens with zero attached hydrogens (tertiary/aromatic N) is 1. The third kappa shape index (κ3) is 4.38. The first-order valence-electron chi connectivity index (χ1n) is 6.74. The van der Waals surface area contributed by atoms with E-state index in [1.807, 2.05) is 0 Å². The number of amides is 2. The Labute approximate surface area is 153 Å². The second-order valence-electron chi connectivity index (χ2n) is 4.94. The van der Waals surface area contributed by atoms with Gasteiger partial charge in [-0.25, -0.2) is 4.39 Å². The maximum atomic E-state index is 13.5. The molecule has 0 fully saturated rings. The summed E-state index contributed by atoms with van der Waals surface area (Å²) in [5.74, 6) is -1.83. The Morgan fingerprint density at radius 1 is 1.08 bits per heavy atom. The van der Waals surface area contributed by atoms with E-state index >= 15 is 0 Å². The number of nitrogens with one attached hydrogen (secondary N) is 1. The van der Waals surface area contributed by atoms with Gasteiger partial charge in [0, 0.05) is 7.05 Å². The molecule has 0 atom stereocenters. The van der Waals surface area contributed by atoms with Crippen molar-refractivity contribution in [1.82, 2.24) is 4.90 Å². The van der Waals surface area contributed by atoms with Crippen molar-refractivity contribution >= 4 is 52.3 Å². The van der Waals surface area contributed by atoms with Crippen LogP contribution in [0.5, 0.6) is 0 Å². The van der Waals surface area contributed by atoms with Crippen LogP contribution < -0.4 is 5.32 Å². The van der Waals surface area contributed by atoms with Gasteiger partial charge >= 0.3 is 0 Å². The molecule has 0 saturated carbocycles. The Morgan fingerprint density at radius 3 is 2.42 bits per heavy atom. The van der Waals surface area contributed by atoms with Gasteiger partial charge in [-0.05, 0) is 24.3 Å². The summed E-state index contributed by atoms with van der Waals surface area (Å²) < 4.78 is 13.5. The minimum atomic E-state index is -0.765. The number of benzene rings is 2. The fourth-order valence-electron chi connectivity index (χ4n) is 1.93. The number of likely N-dealkylation sites (N-methyl/N-ethyl adjacent to an activating group) is 1. The Balaban J connectivity index is 2.08. The number of halogens is 4. The van der Waals surface area contributed by atoms with Crippen molar-refractivity contribution in [2.75, 3.05) is 18.9 Å². The number of carbonyl (C=O) groups excluding carboxylic acids is 2. The molecule has 2 aromatic carbocycles. The van der Waals surface area contributed by atoms with Crippen LogP contribution in [-0.4, -0.2) is 30.3 Å². The van der Waals surface area contributed by atoms with E-state index in [9.17, 15) is 14.0 Å². The van der Waals surface area contributed by atoms with Crippen LogP contribution in [0.4, 0.5) is 10.1 Å². The summed E-state index contributed by atoms with van der Waals surface area (Å²) in [6, 6.07) is 8.78. The van der Waals surface area contributed by atoms with E-state index < -0.39 is 17.6 Å². The van der Waals surface area contributed by atoms with E-state index in [1.54, 1.807) is 24.3 Å². The topological polar surface area (TPSA) is 49.4 Å². The summed E-state index contributed by atoms with van der Waals surface area (Å²) in [4.78, 5) is 25.4. The van der Waals surface area contributed by atoms with Crippen LogP contribution in [0, 0.1) is 5.82 Å². The zero-order valence-electron chi connectivity index (χ0n) is 12.4. The number of carbonyl (C=O) groups is 2. The molecule has 0 unspecified atom stereocenters. The third-order valence-corrected chi connectivity index (χ3v) is 4.05. The van der Waals surface area contributed by atoms with Gasteiger partial charge in [0.25, 0.3) is 5.91 Å². The Hall–Kier alpha value is -1.82. The summed E-state index contributed by atoms with van der Waals surface area (Å²) >= 11 is 17.5. The van der Waals surface area contributed by atoms with Crippen molar-refractivity contribution in [3.05, 3.63) is 62.8 Å². The quantitative estimate of drug-likeness (QED) is 0.783. The number of para-hydroxylation sites is 1. The van der Waals surface area contributed by atoms with Crippen LogP contribution in [0.2, 0.25) is 15.1 Å². The average Bonchev–Trinajstić information content (AvgIpc) is 2.52. The molecular weight excluding hydrogens is 378 g/mol. The first kappa shape index (κ1) is 18.5. The molecule has 0 bridgehead atoms. The zero-order valence-corrected chi connectivity index (χ0v) is 14.7. The number of hydrogen-bond acceptors (Lipinski definition) is 2. The van der Waals surface area contributed by atoms with E-state index in [0.717, 1.165) is 17.0 Å². The zero-order chi connectivity index (χ0) is 17.9. The van der Waals surface area contributed by atoms with Gasteiger partial charge < -0.3 is 10.2 Å². The van der Waals surface area contributed by atoms with Crippen LogP contribution in [-0.2, 0) is 4.79 Å². The number of rotatable bonds is 4. The molecule has 126 valence electrons. The Kier molecular flexibility index (Phi) is 6.04. The van der Waals surface area contributed by atoms with Crippen LogP contribution in [0.3, 0.4) is 0 Å². The molecule has 1 N–H and O–H groups in total. The lowest BCUT2D eigenvalue weighted by molar-refractivity contribution is -0.116. The first-order valence-corrected chi connectivity index (χ1v) is 7.87. The maximum Gasteiger partial charge on any atom is 0.255 e. The molecule has 2 aromatic rings. The fraction of sp³-hybridized carbons (Fsp3) is 0.125. The molecule has 0 spiro atoms. The number of hydrogen-bond donors (Lipinski definition) is 1. The lowest BCUT2D eigenvalue weighted by Crippen LogP contribution is -2.35. The largest absolute Gasteiger partial charge is 0.332 e. The van der Waals surface area contributed by atoms with E-state index in [4.69, 9.17) is 34.8 Å². The monoisotopic (exact) mass is 388 g/mol. The molecule has 2 rings (SSSR count). The highest BCUT2D eigenvalue weighted by atomic mass is 35.5. The highest BCUT2D eigenvalue weighted by molar-refractivity contribution is 6.37. The average molecular weight is 390 g/mol. The van der Waals surface area contributed by atoms with E-state index in [0.29, 0.717) is 10.7 Å². The standard InChI is InChI=1S/C16H12Cl3FN2O2/c1-22(8-15(23)21-14-5-3-2-4-10(14)17)16(24)9-6-13(20)12(19)7-11(9)18/h2-7H,8H2,1H3,(H,21,23). The van der Waals surface area contributed by atoms with Crippen molar-refractivity contribution < 1.29 is 14.0 Å². The van der Waals surface area contributed by atoms with E-state index in [1.165, 1.54) is 7.05 Å². The van der Waals surface area contributed by atoms with Crippen LogP contribution in [0.15, 0.2) is 36.4 Å². The fourth-order valence-corrected chi connectivity index (χ4v) is 2.58. The van der Waals surface area contributed by atoms with Crippen LogP contribution >= 0.6 is 34.8 Å². The smallest absolute Gasteiger partial charge is 0.255 e. The van der Waals surface area contributed by atoms with Crippen molar-refractivity contribution in [3.8, 4) is 0 Å². The molecule has 0 saturated heterocycles. The lowest BCUT2D eigenvalue weighted by atomic mass is 10.2. The Bertz CT molecular complexity index is 799. The van der Waals surface area contributed by atoms with E-state index in [2.05, 4.69) is 5.32 Å². The van der Waals surface area contributed by atoms with Gasteiger partial charge in [0.2, 0.25) is 5.91 Å². The van der Waals surface area contributed by atoms with Gasteiger partial charge in [-0.3, -0.25) is 9.59 Å². The SMILES string of the molecule is CN(CC(=O)Nc1ccccc1Cl)C(=O)c1cc(F)c(Cl)cc1Cl. The predicted octanol–water partition coefficient (Wildman–Crippen LogP) is 4.50. The lowest BCUT2D eigenvalue weighted by Gasteiger charge is -2.18. The highest BCUT2D eigenvalue weighted by Gasteiger charge is 2.20. The highest BCUT2D eigenvalue weighted by Crippen LogP contribution is 2.25. The van der Waals surface area contributed by atoms with Gasteiger partial charge in [0.05, 0.1) is 32.9 Å². The molecule has 24 heavy (non-hydrogen) atoms. The molecule has 0 aromatic heterocycles. The molecule has 8 heteroatoms. The summed E-state index contributed by atoms with van der Waals surface area (Å²) in [7, 11) is 1.40. The second-order valence-corrected chi connectivity index (χ2v) is 6.16. The molecule has 0 radical (unpaired) electrons. The summed E-state index contributed by atoms with van der Waals surface area (Å²) in [5.41, 5.74) is 0.354. The van der Waals surface area contributed by atoms with Crippen molar-refractivity contribution in [1.29, 1.82) is 0 Å². The minimum Gasteiger partial charge on any atom is -0.332 e. The van der Waals surface area contributed by atoms with Crippen molar-refractivity contribution in [3.63, 3.8) is 0 Å². The molecule has 0 aliphatic carbocycles. The molecule has 0 heterocycles. The van der Waals surface area contributed by atoms with Crippen molar-refractivity contribution in [2.24, 2.45) is 0 Å². The Morgan fingerprint density at radius 2 is 1.75 bits per heavy atom. The van der Waals surface area contributed by atoms with Gasteiger partial charge in [-0.1, -0.05) is 46.9 Å². The normalized spacial score (nSPS) is 10.4. The maximum absolute atomic E-state index is 13.5. The third-order valence-electron chi connectivity index (χ3n) is 3.12. The molecule has 0 aliphatic heterocycles. The van der Waals surface area contributed by atoms with Crippen LogP contribution in [0.25, 0.3) is 0 Å². The number of anilines is 1. The summed E-state index contributed by atoms with van der Waals surface area (Å²) in [6.07, 6.45) is 0. The molecular formula is C16H12Cl3FN2O2. The van der Waals surface area contributed by atoms with Gasteiger partial charge in [-0.2, -0.15) is 0 Å².